The maximum atomic E-state index is 12.5. The minimum Gasteiger partial charge on any atom is -0.328 e. The molecule has 2 aromatic rings. The third-order valence-electron chi connectivity index (χ3n) is 3.81. The van der Waals surface area contributed by atoms with E-state index in [4.69, 9.17) is 0 Å². The SMILES string of the molecule is O=S(=O)(c1ccccc1)N1CC[NH+](Cc2cccs2)CC1. The van der Waals surface area contributed by atoms with E-state index in [0.29, 0.717) is 18.0 Å². The Bertz CT molecular complexity index is 661. The quantitative estimate of drug-likeness (QED) is 0.906. The van der Waals surface area contributed by atoms with Crippen LogP contribution in [0.3, 0.4) is 0 Å². The van der Waals surface area contributed by atoms with Gasteiger partial charge in [-0.15, -0.1) is 11.3 Å². The standard InChI is InChI=1S/C15H18N2O2S2/c18-21(19,15-6-2-1-3-7-15)17-10-8-16(9-11-17)13-14-5-4-12-20-14/h1-7,12H,8-11,13H2/p+1. The number of hydrogen-bond donors (Lipinski definition) is 1. The maximum absolute atomic E-state index is 12.5. The van der Waals surface area contributed by atoms with Crippen molar-refractivity contribution in [3.05, 3.63) is 52.7 Å². The molecule has 0 aliphatic carbocycles. The average Bonchev–Trinajstić information content (AvgIpc) is 3.02. The molecular formula is C15H19N2O2S2+. The van der Waals surface area contributed by atoms with Gasteiger partial charge >= 0.3 is 0 Å². The number of nitrogens with zero attached hydrogens (tertiary/aromatic N) is 1. The van der Waals surface area contributed by atoms with Crippen molar-refractivity contribution >= 4 is 21.4 Å². The van der Waals surface area contributed by atoms with Crippen LogP contribution in [-0.2, 0) is 16.6 Å². The molecule has 0 radical (unpaired) electrons. The second-order valence-corrected chi connectivity index (χ2v) is 8.19. The van der Waals surface area contributed by atoms with Crippen molar-refractivity contribution in [2.24, 2.45) is 0 Å². The number of sulfonamides is 1. The van der Waals surface area contributed by atoms with E-state index < -0.39 is 10.0 Å². The predicted octanol–water partition coefficient (Wildman–Crippen LogP) is 0.837. The van der Waals surface area contributed by atoms with Crippen molar-refractivity contribution in [3.8, 4) is 0 Å². The second kappa shape index (κ2) is 6.27. The van der Waals surface area contributed by atoms with Gasteiger partial charge in [-0.2, -0.15) is 4.31 Å². The van der Waals surface area contributed by atoms with Crippen molar-refractivity contribution in [1.82, 2.24) is 4.31 Å². The minimum atomic E-state index is -3.32. The van der Waals surface area contributed by atoms with E-state index >= 15 is 0 Å². The van der Waals surface area contributed by atoms with Gasteiger partial charge in [0.2, 0.25) is 10.0 Å². The Morgan fingerprint density at radius 3 is 2.38 bits per heavy atom. The first kappa shape index (κ1) is 14.7. The number of rotatable bonds is 4. The Balaban J connectivity index is 1.63. The highest BCUT2D eigenvalue weighted by molar-refractivity contribution is 7.89. The highest BCUT2D eigenvalue weighted by Crippen LogP contribution is 2.15. The lowest BCUT2D eigenvalue weighted by atomic mass is 10.3. The normalized spacial score (nSPS) is 17.9. The van der Waals surface area contributed by atoms with Crippen molar-refractivity contribution in [1.29, 1.82) is 0 Å². The smallest absolute Gasteiger partial charge is 0.243 e. The molecule has 1 aromatic heterocycles. The van der Waals surface area contributed by atoms with Gasteiger partial charge in [0.05, 0.1) is 36.0 Å². The zero-order valence-electron chi connectivity index (χ0n) is 11.7. The lowest BCUT2D eigenvalue weighted by Crippen LogP contribution is -3.13. The Kier molecular flexibility index (Phi) is 4.40. The minimum absolute atomic E-state index is 0.395. The molecule has 1 aliphatic heterocycles. The van der Waals surface area contributed by atoms with Crippen LogP contribution in [0.25, 0.3) is 0 Å². The zero-order chi connectivity index (χ0) is 14.7. The first-order chi connectivity index (χ1) is 10.2. The van der Waals surface area contributed by atoms with E-state index in [1.807, 2.05) is 6.07 Å². The fraction of sp³-hybridized carbons (Fsp3) is 0.333. The summed E-state index contributed by atoms with van der Waals surface area (Å²) in [6.45, 7) is 3.92. The summed E-state index contributed by atoms with van der Waals surface area (Å²) in [6.07, 6.45) is 0. The van der Waals surface area contributed by atoms with Crippen LogP contribution < -0.4 is 4.90 Å². The summed E-state index contributed by atoms with van der Waals surface area (Å²) in [6, 6.07) is 12.9. The molecule has 21 heavy (non-hydrogen) atoms. The molecule has 0 unspecified atom stereocenters. The topological polar surface area (TPSA) is 41.8 Å². The van der Waals surface area contributed by atoms with Crippen LogP contribution in [0.1, 0.15) is 4.88 Å². The molecule has 0 amide bonds. The zero-order valence-corrected chi connectivity index (χ0v) is 13.4. The van der Waals surface area contributed by atoms with Crippen LogP contribution in [0.15, 0.2) is 52.7 Å². The molecule has 1 aromatic carbocycles. The summed E-state index contributed by atoms with van der Waals surface area (Å²) in [5.74, 6) is 0. The van der Waals surface area contributed by atoms with Crippen molar-refractivity contribution in [2.45, 2.75) is 11.4 Å². The second-order valence-electron chi connectivity index (χ2n) is 5.22. The molecule has 1 N–H and O–H groups in total. The first-order valence-corrected chi connectivity index (χ1v) is 9.39. The molecule has 1 aliphatic rings. The first-order valence-electron chi connectivity index (χ1n) is 7.07. The molecule has 6 heteroatoms. The van der Waals surface area contributed by atoms with E-state index in [1.165, 1.54) is 9.78 Å². The monoisotopic (exact) mass is 323 g/mol. The van der Waals surface area contributed by atoms with Crippen molar-refractivity contribution in [2.75, 3.05) is 26.2 Å². The van der Waals surface area contributed by atoms with Gasteiger partial charge in [-0.05, 0) is 23.6 Å². The number of benzene rings is 1. The summed E-state index contributed by atoms with van der Waals surface area (Å²) in [7, 11) is -3.32. The van der Waals surface area contributed by atoms with Gasteiger partial charge < -0.3 is 4.90 Å². The summed E-state index contributed by atoms with van der Waals surface area (Å²) in [4.78, 5) is 3.22. The van der Waals surface area contributed by atoms with Crippen LogP contribution in [0, 0.1) is 0 Å². The van der Waals surface area contributed by atoms with E-state index in [0.717, 1.165) is 19.6 Å². The Labute approximate surface area is 129 Å². The summed E-state index contributed by atoms with van der Waals surface area (Å²) >= 11 is 1.77. The third kappa shape index (κ3) is 3.35. The average molecular weight is 323 g/mol. The fourth-order valence-corrected chi connectivity index (χ4v) is 4.86. The molecular weight excluding hydrogens is 304 g/mol. The van der Waals surface area contributed by atoms with Gasteiger partial charge in [0.1, 0.15) is 6.54 Å². The number of quaternary nitrogens is 1. The lowest BCUT2D eigenvalue weighted by molar-refractivity contribution is -0.917. The molecule has 3 rings (SSSR count). The summed E-state index contributed by atoms with van der Waals surface area (Å²) < 4.78 is 26.7. The number of hydrogen-bond acceptors (Lipinski definition) is 3. The largest absolute Gasteiger partial charge is 0.328 e. The van der Waals surface area contributed by atoms with Gasteiger partial charge in [0, 0.05) is 0 Å². The number of piperazine rings is 1. The summed E-state index contributed by atoms with van der Waals surface area (Å²) in [5, 5.41) is 2.09. The molecule has 0 spiro atoms. The highest BCUT2D eigenvalue weighted by atomic mass is 32.2. The Morgan fingerprint density at radius 2 is 1.76 bits per heavy atom. The molecule has 1 saturated heterocycles. The van der Waals surface area contributed by atoms with Gasteiger partial charge in [0.25, 0.3) is 0 Å². The van der Waals surface area contributed by atoms with Gasteiger partial charge in [-0.3, -0.25) is 0 Å². The Hall–Kier alpha value is -1.21. The predicted molar refractivity (Wildman–Crippen MR) is 83.9 cm³/mol. The fourth-order valence-electron chi connectivity index (χ4n) is 2.62. The van der Waals surface area contributed by atoms with Crippen LogP contribution in [0.4, 0.5) is 0 Å². The number of thiophene rings is 1. The third-order valence-corrected chi connectivity index (χ3v) is 6.60. The molecule has 0 saturated carbocycles. The van der Waals surface area contributed by atoms with E-state index in [9.17, 15) is 8.42 Å². The van der Waals surface area contributed by atoms with Gasteiger partial charge in [0.15, 0.2) is 0 Å². The summed E-state index contributed by atoms with van der Waals surface area (Å²) in [5.41, 5.74) is 0. The van der Waals surface area contributed by atoms with Crippen molar-refractivity contribution in [3.63, 3.8) is 0 Å². The molecule has 112 valence electrons. The molecule has 2 heterocycles. The lowest BCUT2D eigenvalue weighted by Gasteiger charge is -2.31. The van der Waals surface area contributed by atoms with E-state index in [1.54, 1.807) is 39.9 Å². The van der Waals surface area contributed by atoms with E-state index in [-0.39, 0.29) is 0 Å². The van der Waals surface area contributed by atoms with Gasteiger partial charge in [-0.25, -0.2) is 8.42 Å². The van der Waals surface area contributed by atoms with Gasteiger partial charge in [-0.1, -0.05) is 24.3 Å². The van der Waals surface area contributed by atoms with E-state index in [2.05, 4.69) is 17.5 Å². The number of nitrogens with one attached hydrogen (secondary N) is 1. The molecule has 0 atom stereocenters. The Morgan fingerprint density at radius 1 is 1.05 bits per heavy atom. The van der Waals surface area contributed by atoms with Crippen LogP contribution >= 0.6 is 11.3 Å². The molecule has 1 fully saturated rings. The van der Waals surface area contributed by atoms with Crippen LogP contribution in [0.5, 0.6) is 0 Å². The van der Waals surface area contributed by atoms with Crippen molar-refractivity contribution < 1.29 is 13.3 Å². The molecule has 0 bridgehead atoms. The molecule has 4 nitrogen and oxygen atoms in total. The highest BCUT2D eigenvalue weighted by Gasteiger charge is 2.30. The maximum Gasteiger partial charge on any atom is 0.243 e. The van der Waals surface area contributed by atoms with Crippen LogP contribution in [-0.4, -0.2) is 38.9 Å². The van der Waals surface area contributed by atoms with Crippen LogP contribution in [0.2, 0.25) is 0 Å².